The quantitative estimate of drug-likeness (QED) is 0.155. The number of aromatic carboxylic acids is 1. The zero-order chi connectivity index (χ0) is 25.0. The van der Waals surface area contributed by atoms with Gasteiger partial charge in [0.15, 0.2) is 0 Å². The van der Waals surface area contributed by atoms with Gasteiger partial charge in [-0.1, -0.05) is 69.9 Å². The number of carboxylic acid groups (broad SMARTS) is 1. The molecule has 1 N–H and O–H groups in total. The number of ether oxygens (including phenoxy) is 2. The van der Waals surface area contributed by atoms with Gasteiger partial charge in [0.05, 0.1) is 17.2 Å². The normalized spacial score (nSPS) is 11.6. The smallest absolute Gasteiger partial charge is 0.343 e. The number of carbonyl (C=O) groups excluding carboxylic acids is 1. The summed E-state index contributed by atoms with van der Waals surface area (Å²) in [5.41, 5.74) is 1.88. The van der Waals surface area contributed by atoms with Crippen LogP contribution in [0.4, 0.5) is 0 Å². The van der Waals surface area contributed by atoms with Gasteiger partial charge < -0.3 is 14.6 Å². The second-order valence-corrected chi connectivity index (χ2v) is 8.67. The van der Waals surface area contributed by atoms with E-state index in [4.69, 9.17) is 9.47 Å². The van der Waals surface area contributed by atoms with Crippen molar-refractivity contribution in [2.75, 3.05) is 0 Å². The fourth-order valence-electron chi connectivity index (χ4n) is 4.00. The summed E-state index contributed by atoms with van der Waals surface area (Å²) in [5, 5.41) is 9.42. The first-order valence-corrected chi connectivity index (χ1v) is 12.4. The van der Waals surface area contributed by atoms with Crippen LogP contribution < -0.4 is 9.47 Å². The number of rotatable bonds is 13. The number of hydrogen-bond acceptors (Lipinski definition) is 4. The van der Waals surface area contributed by atoms with E-state index in [-0.39, 0.29) is 17.4 Å². The van der Waals surface area contributed by atoms with Gasteiger partial charge >= 0.3 is 11.9 Å². The zero-order valence-corrected chi connectivity index (χ0v) is 20.5. The van der Waals surface area contributed by atoms with Gasteiger partial charge in [0.25, 0.3) is 0 Å². The van der Waals surface area contributed by atoms with Crippen LogP contribution in [0.25, 0.3) is 11.1 Å². The summed E-state index contributed by atoms with van der Waals surface area (Å²) in [5.74, 6) is -0.627. The highest BCUT2D eigenvalue weighted by molar-refractivity contribution is 5.94. The van der Waals surface area contributed by atoms with E-state index in [1.54, 1.807) is 30.3 Å². The Morgan fingerprint density at radius 2 is 1.54 bits per heavy atom. The van der Waals surface area contributed by atoms with E-state index >= 15 is 0 Å². The molecule has 0 spiro atoms. The molecule has 0 saturated heterocycles. The van der Waals surface area contributed by atoms with Crippen molar-refractivity contribution < 1.29 is 24.2 Å². The van der Waals surface area contributed by atoms with Crippen LogP contribution in [0.3, 0.4) is 0 Å². The van der Waals surface area contributed by atoms with Crippen LogP contribution in [0.15, 0.2) is 72.8 Å². The monoisotopic (exact) mass is 474 g/mol. The average Bonchev–Trinajstić information content (AvgIpc) is 2.87. The van der Waals surface area contributed by atoms with Gasteiger partial charge in [0, 0.05) is 5.56 Å². The third-order valence-electron chi connectivity index (χ3n) is 5.90. The van der Waals surface area contributed by atoms with Crippen molar-refractivity contribution >= 4 is 11.9 Å². The molecule has 0 amide bonds. The van der Waals surface area contributed by atoms with E-state index < -0.39 is 11.9 Å². The molecule has 3 aromatic rings. The van der Waals surface area contributed by atoms with E-state index in [2.05, 4.69) is 13.8 Å². The maximum absolute atomic E-state index is 12.7. The molecule has 0 aliphatic rings. The lowest BCUT2D eigenvalue weighted by Crippen LogP contribution is -2.16. The Labute approximate surface area is 207 Å². The summed E-state index contributed by atoms with van der Waals surface area (Å²) in [4.78, 5) is 24.2. The molecule has 0 saturated carbocycles. The molecule has 0 heterocycles. The minimum atomic E-state index is -1.08. The first kappa shape index (κ1) is 26.0. The Kier molecular flexibility index (Phi) is 9.91. The molecule has 5 nitrogen and oxygen atoms in total. The topological polar surface area (TPSA) is 72.8 Å². The molecular formula is C30H34O5. The lowest BCUT2D eigenvalue weighted by Gasteiger charge is -2.19. The van der Waals surface area contributed by atoms with Gasteiger partial charge in [-0.05, 0) is 67.3 Å². The second-order valence-electron chi connectivity index (χ2n) is 8.67. The summed E-state index contributed by atoms with van der Waals surface area (Å²) in [7, 11) is 0. The highest BCUT2D eigenvalue weighted by Gasteiger charge is 2.16. The highest BCUT2D eigenvalue weighted by atomic mass is 16.5. The van der Waals surface area contributed by atoms with E-state index in [0.717, 1.165) is 30.6 Å². The third-order valence-corrected chi connectivity index (χ3v) is 5.90. The summed E-state index contributed by atoms with van der Waals surface area (Å²) >= 11 is 0. The van der Waals surface area contributed by atoms with Gasteiger partial charge in [-0.25, -0.2) is 9.59 Å². The first-order valence-electron chi connectivity index (χ1n) is 12.4. The van der Waals surface area contributed by atoms with Gasteiger partial charge in [-0.3, -0.25) is 0 Å². The summed E-state index contributed by atoms with van der Waals surface area (Å²) in [6.07, 6.45) is 8.21. The van der Waals surface area contributed by atoms with Crippen molar-refractivity contribution in [3.8, 4) is 22.6 Å². The molecule has 0 fully saturated rings. The van der Waals surface area contributed by atoms with Crippen LogP contribution in [-0.4, -0.2) is 23.1 Å². The first-order chi connectivity index (χ1) is 17.0. The van der Waals surface area contributed by atoms with Crippen molar-refractivity contribution in [2.45, 2.75) is 64.9 Å². The van der Waals surface area contributed by atoms with E-state index in [9.17, 15) is 14.7 Å². The molecule has 1 unspecified atom stereocenters. The molecule has 0 radical (unpaired) electrons. The number of carbonyl (C=O) groups is 2. The number of unbranched alkanes of at least 4 members (excludes halogenated alkanes) is 3. The second kappa shape index (κ2) is 13.3. The molecule has 5 heteroatoms. The Balaban J connectivity index is 1.79. The molecule has 35 heavy (non-hydrogen) atoms. The third kappa shape index (κ3) is 7.71. The molecule has 0 aliphatic heterocycles. The van der Waals surface area contributed by atoms with Gasteiger partial charge in [-0.2, -0.15) is 0 Å². The number of carboxylic acids is 1. The van der Waals surface area contributed by atoms with Crippen LogP contribution in [0, 0.1) is 0 Å². The lowest BCUT2D eigenvalue weighted by molar-refractivity contribution is 0.0688. The molecule has 1 atom stereocenters. The molecule has 0 aromatic heterocycles. The minimum absolute atomic E-state index is 0.0510. The Morgan fingerprint density at radius 3 is 2.20 bits per heavy atom. The summed E-state index contributed by atoms with van der Waals surface area (Å²) in [6.45, 7) is 4.38. The number of hydrogen-bond donors (Lipinski definition) is 1. The average molecular weight is 475 g/mol. The Hall–Kier alpha value is -3.60. The Bertz CT molecular complexity index is 1090. The zero-order valence-electron chi connectivity index (χ0n) is 20.5. The van der Waals surface area contributed by atoms with Crippen molar-refractivity contribution in [1.82, 2.24) is 0 Å². The summed E-state index contributed by atoms with van der Waals surface area (Å²) in [6, 6.07) is 20.8. The molecule has 184 valence electrons. The predicted octanol–water partition coefficient (Wildman–Crippen LogP) is 7.79. The standard InChI is InChI=1S/C30H34O5/c1-3-5-6-10-14-25(11-4-2)34-26-18-15-22(16-19-26)27-20-17-24(29(31)32)21-28(27)35-30(33)23-12-8-7-9-13-23/h7-9,12-13,15-21,25H,3-6,10-11,14H2,1-2H3,(H,31,32). The van der Waals surface area contributed by atoms with Crippen molar-refractivity contribution in [3.63, 3.8) is 0 Å². The van der Waals surface area contributed by atoms with Gasteiger partial charge in [0.2, 0.25) is 0 Å². The molecule has 3 rings (SSSR count). The van der Waals surface area contributed by atoms with Gasteiger partial charge in [-0.15, -0.1) is 0 Å². The van der Waals surface area contributed by atoms with Crippen LogP contribution in [0.2, 0.25) is 0 Å². The fourth-order valence-corrected chi connectivity index (χ4v) is 4.00. The molecule has 0 aliphatic carbocycles. The largest absolute Gasteiger partial charge is 0.490 e. The van der Waals surface area contributed by atoms with Crippen LogP contribution in [0.1, 0.15) is 79.5 Å². The maximum atomic E-state index is 12.7. The van der Waals surface area contributed by atoms with Crippen LogP contribution >= 0.6 is 0 Å². The SMILES string of the molecule is CCCCCCC(CCC)Oc1ccc(-c2ccc(C(=O)O)cc2OC(=O)c2ccccc2)cc1. The molecular weight excluding hydrogens is 440 g/mol. The lowest BCUT2D eigenvalue weighted by atomic mass is 10.0. The van der Waals surface area contributed by atoms with Crippen LogP contribution in [-0.2, 0) is 0 Å². The van der Waals surface area contributed by atoms with Crippen LogP contribution in [0.5, 0.6) is 11.5 Å². The fraction of sp³-hybridized carbons (Fsp3) is 0.333. The minimum Gasteiger partial charge on any atom is -0.490 e. The molecule has 3 aromatic carbocycles. The van der Waals surface area contributed by atoms with Gasteiger partial charge in [0.1, 0.15) is 11.5 Å². The predicted molar refractivity (Wildman–Crippen MR) is 138 cm³/mol. The van der Waals surface area contributed by atoms with Crippen molar-refractivity contribution in [1.29, 1.82) is 0 Å². The van der Waals surface area contributed by atoms with Crippen molar-refractivity contribution in [3.05, 3.63) is 83.9 Å². The van der Waals surface area contributed by atoms with E-state index in [1.807, 2.05) is 30.3 Å². The Morgan fingerprint density at radius 1 is 0.800 bits per heavy atom. The van der Waals surface area contributed by atoms with Crippen molar-refractivity contribution in [2.24, 2.45) is 0 Å². The number of esters is 1. The summed E-state index contributed by atoms with van der Waals surface area (Å²) < 4.78 is 11.9. The number of benzene rings is 3. The highest BCUT2D eigenvalue weighted by Crippen LogP contribution is 2.33. The maximum Gasteiger partial charge on any atom is 0.343 e. The van der Waals surface area contributed by atoms with E-state index in [1.165, 1.54) is 37.8 Å². The van der Waals surface area contributed by atoms with E-state index in [0.29, 0.717) is 11.1 Å². The molecule has 0 bridgehead atoms.